The second-order valence-corrected chi connectivity index (χ2v) is 6.85. The number of nitrogens with one attached hydrogen (secondary N) is 1. The summed E-state index contributed by atoms with van der Waals surface area (Å²) in [6, 6.07) is 8.46. The summed E-state index contributed by atoms with van der Waals surface area (Å²) < 4.78 is 42.4. The van der Waals surface area contributed by atoms with Gasteiger partial charge in [0.25, 0.3) is 0 Å². The Bertz CT molecular complexity index is 1170. The van der Waals surface area contributed by atoms with Gasteiger partial charge in [-0.2, -0.15) is 24.6 Å². The van der Waals surface area contributed by atoms with E-state index in [0.717, 1.165) is 5.56 Å². The summed E-state index contributed by atoms with van der Waals surface area (Å²) in [6.07, 6.45) is 0. The number of ether oxygens (including phenoxy) is 3. The van der Waals surface area contributed by atoms with Crippen LogP contribution in [0.5, 0.6) is 17.2 Å². The number of hydrogen-bond donors (Lipinski definition) is 1. The minimum Gasteiger partial charge on any atom is -0.454 e. The van der Waals surface area contributed by atoms with Gasteiger partial charge in [0.2, 0.25) is 6.79 Å². The van der Waals surface area contributed by atoms with Crippen molar-refractivity contribution >= 4 is 22.8 Å². The summed E-state index contributed by atoms with van der Waals surface area (Å²) >= 11 is 1.55. The van der Waals surface area contributed by atoms with Gasteiger partial charge in [-0.1, -0.05) is 0 Å². The molecule has 148 valence electrons. The van der Waals surface area contributed by atoms with Gasteiger partial charge in [-0.25, -0.2) is 0 Å². The molecule has 11 heteroatoms. The van der Waals surface area contributed by atoms with Gasteiger partial charge in [-0.15, -0.1) is 15.3 Å². The van der Waals surface area contributed by atoms with Crippen molar-refractivity contribution in [1.29, 1.82) is 0 Å². The maximum absolute atomic E-state index is 12.8. The topological polar surface area (TPSA) is 82.8 Å². The minimum atomic E-state index is -2.95. The Morgan fingerprint density at radius 2 is 2.03 bits per heavy atom. The number of thiophene rings is 1. The van der Waals surface area contributed by atoms with Gasteiger partial charge in [-0.3, -0.25) is 0 Å². The van der Waals surface area contributed by atoms with Gasteiger partial charge in [-0.05, 0) is 29.6 Å². The molecule has 8 nitrogen and oxygen atoms in total. The minimum absolute atomic E-state index is 0.0149. The molecule has 1 aliphatic heterocycles. The van der Waals surface area contributed by atoms with Crippen LogP contribution in [0.1, 0.15) is 5.56 Å². The molecule has 0 amide bonds. The van der Waals surface area contributed by atoms with Crippen molar-refractivity contribution in [3.05, 3.63) is 46.7 Å². The third kappa shape index (κ3) is 3.40. The van der Waals surface area contributed by atoms with Gasteiger partial charge in [0.1, 0.15) is 11.6 Å². The average Bonchev–Trinajstić information content (AvgIpc) is 3.45. The molecule has 5 rings (SSSR count). The maximum Gasteiger partial charge on any atom is 0.387 e. The van der Waals surface area contributed by atoms with E-state index < -0.39 is 6.61 Å². The number of anilines is 1. The molecule has 0 atom stereocenters. The number of benzene rings is 1. The molecule has 1 aliphatic rings. The molecule has 0 spiro atoms. The molecule has 4 heterocycles. The molecule has 0 saturated carbocycles. The van der Waals surface area contributed by atoms with Crippen LogP contribution in [-0.4, -0.2) is 33.2 Å². The third-order valence-corrected chi connectivity index (χ3v) is 4.96. The first-order chi connectivity index (χ1) is 14.2. The zero-order chi connectivity index (χ0) is 19.8. The van der Waals surface area contributed by atoms with E-state index in [1.165, 1.54) is 6.07 Å². The van der Waals surface area contributed by atoms with Crippen LogP contribution in [0.4, 0.5) is 14.6 Å². The van der Waals surface area contributed by atoms with Crippen LogP contribution < -0.4 is 19.5 Å². The molecular weight excluding hydrogens is 404 g/mol. The molecule has 29 heavy (non-hydrogen) atoms. The Labute approximate surface area is 166 Å². The molecule has 0 bridgehead atoms. The zero-order valence-corrected chi connectivity index (χ0v) is 15.5. The van der Waals surface area contributed by atoms with E-state index in [2.05, 4.69) is 25.3 Å². The highest BCUT2D eigenvalue weighted by atomic mass is 32.1. The van der Waals surface area contributed by atoms with Crippen molar-refractivity contribution in [3.8, 4) is 28.6 Å². The van der Waals surface area contributed by atoms with Gasteiger partial charge in [0.05, 0.1) is 0 Å². The molecule has 0 unspecified atom stereocenters. The Kier molecular flexibility index (Phi) is 4.35. The van der Waals surface area contributed by atoms with Crippen LogP contribution in [0.15, 0.2) is 41.1 Å². The standard InChI is InChI=1S/C18H13F2N5O3S/c19-18(20)28-12-6-14-13(26-9-27-14)5-11(12)7-21-15-1-2-16-22-23-17(25(16)24-15)10-3-4-29-8-10/h1-6,8,18H,7,9H2,(H,21,24). The largest absolute Gasteiger partial charge is 0.454 e. The third-order valence-electron chi connectivity index (χ3n) is 4.27. The molecular formula is C18H13F2N5O3S. The van der Waals surface area contributed by atoms with Crippen LogP contribution in [0.3, 0.4) is 0 Å². The Balaban J connectivity index is 1.43. The number of nitrogens with zero attached hydrogens (tertiary/aromatic N) is 4. The highest BCUT2D eigenvalue weighted by Gasteiger charge is 2.20. The number of aromatic nitrogens is 4. The van der Waals surface area contributed by atoms with Crippen LogP contribution in [0.25, 0.3) is 17.0 Å². The van der Waals surface area contributed by atoms with Crippen LogP contribution in [0.2, 0.25) is 0 Å². The van der Waals surface area contributed by atoms with E-state index in [4.69, 9.17) is 9.47 Å². The molecule has 0 radical (unpaired) electrons. The van der Waals surface area contributed by atoms with Crippen LogP contribution in [-0.2, 0) is 6.54 Å². The number of hydrogen-bond acceptors (Lipinski definition) is 8. The summed E-state index contributed by atoms with van der Waals surface area (Å²) in [6.45, 7) is -2.72. The zero-order valence-electron chi connectivity index (χ0n) is 14.7. The molecule has 3 aromatic heterocycles. The number of fused-ring (bicyclic) bond motifs is 2. The molecule has 1 N–H and O–H groups in total. The number of halogens is 2. The fourth-order valence-electron chi connectivity index (χ4n) is 2.95. The highest BCUT2D eigenvalue weighted by Crippen LogP contribution is 2.39. The fourth-order valence-corrected chi connectivity index (χ4v) is 3.58. The summed E-state index contributed by atoms with van der Waals surface area (Å²) in [5.41, 5.74) is 2.00. The lowest BCUT2D eigenvalue weighted by Crippen LogP contribution is -2.09. The summed E-state index contributed by atoms with van der Waals surface area (Å²) in [5.74, 6) is 2.00. The summed E-state index contributed by atoms with van der Waals surface area (Å²) in [4.78, 5) is 0. The highest BCUT2D eigenvalue weighted by molar-refractivity contribution is 7.08. The van der Waals surface area contributed by atoms with Gasteiger partial charge < -0.3 is 19.5 Å². The van der Waals surface area contributed by atoms with Crippen LogP contribution in [0, 0.1) is 0 Å². The molecule has 0 saturated heterocycles. The molecule has 4 aromatic rings. The van der Waals surface area contributed by atoms with E-state index in [-0.39, 0.29) is 19.1 Å². The van der Waals surface area contributed by atoms with E-state index in [0.29, 0.717) is 34.4 Å². The van der Waals surface area contributed by atoms with E-state index >= 15 is 0 Å². The fraction of sp³-hybridized carbons (Fsp3) is 0.167. The SMILES string of the molecule is FC(F)Oc1cc2c(cc1CNc1ccc3nnc(-c4ccsc4)n3n1)OCO2. The van der Waals surface area contributed by atoms with Gasteiger partial charge >= 0.3 is 6.61 Å². The van der Waals surface area contributed by atoms with E-state index in [9.17, 15) is 8.78 Å². The number of rotatable bonds is 6. The first kappa shape index (κ1) is 17.6. The molecule has 0 aliphatic carbocycles. The first-order valence-electron chi connectivity index (χ1n) is 8.53. The monoisotopic (exact) mass is 417 g/mol. The van der Waals surface area contributed by atoms with Gasteiger partial charge in [0.15, 0.2) is 23.0 Å². The van der Waals surface area contributed by atoms with Crippen molar-refractivity contribution in [3.63, 3.8) is 0 Å². The lowest BCUT2D eigenvalue weighted by atomic mass is 10.1. The quantitative estimate of drug-likeness (QED) is 0.511. The van der Waals surface area contributed by atoms with Crippen LogP contribution >= 0.6 is 11.3 Å². The Morgan fingerprint density at radius 3 is 2.83 bits per heavy atom. The summed E-state index contributed by atoms with van der Waals surface area (Å²) in [5, 5.41) is 19.8. The predicted molar refractivity (Wildman–Crippen MR) is 101 cm³/mol. The first-order valence-corrected chi connectivity index (χ1v) is 9.48. The molecule has 0 fully saturated rings. The lowest BCUT2D eigenvalue weighted by molar-refractivity contribution is -0.0504. The second kappa shape index (κ2) is 7.17. The van der Waals surface area contributed by atoms with E-state index in [1.807, 2.05) is 16.8 Å². The van der Waals surface area contributed by atoms with Crippen molar-refractivity contribution in [2.24, 2.45) is 0 Å². The Hall–Kier alpha value is -3.47. The number of alkyl halides is 2. The Morgan fingerprint density at radius 1 is 1.17 bits per heavy atom. The van der Waals surface area contributed by atoms with Crippen molar-refractivity contribution in [2.45, 2.75) is 13.2 Å². The average molecular weight is 417 g/mol. The lowest BCUT2D eigenvalue weighted by Gasteiger charge is -2.13. The molecule has 1 aromatic carbocycles. The second-order valence-electron chi connectivity index (χ2n) is 6.07. The smallest absolute Gasteiger partial charge is 0.387 e. The van der Waals surface area contributed by atoms with Crippen molar-refractivity contribution in [1.82, 2.24) is 19.8 Å². The van der Waals surface area contributed by atoms with Crippen molar-refractivity contribution in [2.75, 3.05) is 12.1 Å². The maximum atomic E-state index is 12.8. The van der Waals surface area contributed by atoms with Gasteiger partial charge in [0, 0.05) is 29.1 Å². The van der Waals surface area contributed by atoms with E-state index in [1.54, 1.807) is 34.1 Å². The van der Waals surface area contributed by atoms with Crippen molar-refractivity contribution < 1.29 is 23.0 Å². The summed E-state index contributed by atoms with van der Waals surface area (Å²) in [7, 11) is 0. The normalized spacial score (nSPS) is 12.7. The predicted octanol–water partition coefficient (Wildman–Crippen LogP) is 3.80.